The lowest BCUT2D eigenvalue weighted by atomic mass is 9.97. The van der Waals surface area contributed by atoms with Crippen molar-refractivity contribution in [2.24, 2.45) is 0 Å². The Morgan fingerprint density at radius 2 is 2.11 bits per heavy atom. The predicted octanol–water partition coefficient (Wildman–Crippen LogP) is 1.86. The predicted molar refractivity (Wildman–Crippen MR) is 79.3 cm³/mol. The smallest absolute Gasteiger partial charge is 0.242 e. The van der Waals surface area contributed by atoms with Crippen LogP contribution >= 0.6 is 15.9 Å². The van der Waals surface area contributed by atoms with Gasteiger partial charge in [-0.15, -0.1) is 0 Å². The molecule has 0 heterocycles. The minimum Gasteiger partial charge on any atom is -0.399 e. The number of aliphatic hydroxyl groups is 1. The number of anilines is 1. The van der Waals surface area contributed by atoms with Crippen LogP contribution in [0.3, 0.4) is 0 Å². The average Bonchev–Trinajstić information content (AvgIpc) is 2.27. The number of nitrogens with two attached hydrogens (primary N) is 1. The minimum atomic E-state index is -3.66. The number of aliphatic hydroxyl groups excluding tert-OH is 1. The van der Waals surface area contributed by atoms with Gasteiger partial charge in [-0.05, 0) is 53.9 Å². The van der Waals surface area contributed by atoms with Gasteiger partial charge in [0.2, 0.25) is 10.0 Å². The molecule has 0 aliphatic heterocycles. The minimum absolute atomic E-state index is 0.0736. The second-order valence-electron chi connectivity index (χ2n) is 4.68. The Balaban J connectivity index is 3.10. The molecule has 0 bridgehead atoms. The number of nitrogen functional groups attached to an aromatic ring is 1. The molecule has 0 saturated carbocycles. The molecule has 7 heteroatoms. The van der Waals surface area contributed by atoms with Gasteiger partial charge in [-0.25, -0.2) is 13.1 Å². The first-order valence-electron chi connectivity index (χ1n) is 5.94. The zero-order chi connectivity index (χ0) is 14.7. The van der Waals surface area contributed by atoms with Crippen LogP contribution in [0.15, 0.2) is 27.6 Å². The highest BCUT2D eigenvalue weighted by atomic mass is 79.9. The standard InChI is InChI=1S/C12H19BrN2O3S/c1-3-12(2,6-7-16)15-19(17,18)11-5-4-9(14)8-10(11)13/h4-5,8,15-16H,3,6-7,14H2,1-2H3. The van der Waals surface area contributed by atoms with E-state index >= 15 is 0 Å². The highest BCUT2D eigenvalue weighted by molar-refractivity contribution is 9.10. The van der Waals surface area contributed by atoms with Crippen LogP contribution in [-0.2, 0) is 10.0 Å². The van der Waals surface area contributed by atoms with Gasteiger partial charge in [-0.3, -0.25) is 0 Å². The zero-order valence-electron chi connectivity index (χ0n) is 11.0. The first-order chi connectivity index (χ1) is 8.74. The zero-order valence-corrected chi connectivity index (χ0v) is 13.4. The van der Waals surface area contributed by atoms with Crippen molar-refractivity contribution in [3.05, 3.63) is 22.7 Å². The first kappa shape index (κ1) is 16.4. The van der Waals surface area contributed by atoms with Gasteiger partial charge in [-0.1, -0.05) is 6.92 Å². The summed E-state index contributed by atoms with van der Waals surface area (Å²) in [5, 5.41) is 9.03. The van der Waals surface area contributed by atoms with Crippen molar-refractivity contribution < 1.29 is 13.5 Å². The molecule has 0 saturated heterocycles. The van der Waals surface area contributed by atoms with Crippen LogP contribution in [0.25, 0.3) is 0 Å². The van der Waals surface area contributed by atoms with E-state index in [9.17, 15) is 8.42 Å². The molecule has 5 nitrogen and oxygen atoms in total. The van der Waals surface area contributed by atoms with Crippen molar-refractivity contribution >= 4 is 31.6 Å². The molecule has 0 amide bonds. The van der Waals surface area contributed by atoms with Crippen LogP contribution in [-0.4, -0.2) is 25.7 Å². The molecular formula is C12H19BrN2O3S. The number of benzene rings is 1. The van der Waals surface area contributed by atoms with Gasteiger partial charge in [0.1, 0.15) is 0 Å². The van der Waals surface area contributed by atoms with E-state index < -0.39 is 15.6 Å². The van der Waals surface area contributed by atoms with Gasteiger partial charge in [0, 0.05) is 22.3 Å². The largest absolute Gasteiger partial charge is 0.399 e. The molecular weight excluding hydrogens is 332 g/mol. The molecule has 0 fully saturated rings. The Bertz CT molecular complexity index is 548. The number of hydrogen-bond acceptors (Lipinski definition) is 4. The third-order valence-electron chi connectivity index (χ3n) is 3.07. The number of sulfonamides is 1. The van der Waals surface area contributed by atoms with Crippen LogP contribution in [0.4, 0.5) is 5.69 Å². The van der Waals surface area contributed by atoms with Crippen molar-refractivity contribution in [1.29, 1.82) is 0 Å². The fourth-order valence-corrected chi connectivity index (χ4v) is 4.26. The van der Waals surface area contributed by atoms with Gasteiger partial charge in [0.25, 0.3) is 0 Å². The van der Waals surface area contributed by atoms with Crippen LogP contribution in [0.1, 0.15) is 26.7 Å². The number of hydrogen-bond donors (Lipinski definition) is 3. The summed E-state index contributed by atoms with van der Waals surface area (Å²) < 4.78 is 27.8. The van der Waals surface area contributed by atoms with Crippen LogP contribution < -0.4 is 10.5 Å². The summed E-state index contributed by atoms with van der Waals surface area (Å²) in [6.07, 6.45) is 0.939. The highest BCUT2D eigenvalue weighted by Gasteiger charge is 2.29. The lowest BCUT2D eigenvalue weighted by Gasteiger charge is -2.28. The Morgan fingerprint density at radius 3 is 2.58 bits per heavy atom. The van der Waals surface area contributed by atoms with Gasteiger partial charge in [0.05, 0.1) is 4.90 Å². The summed E-state index contributed by atoms with van der Waals surface area (Å²) in [6.45, 7) is 3.57. The molecule has 0 spiro atoms. The van der Waals surface area contributed by atoms with Crippen molar-refractivity contribution in [2.45, 2.75) is 37.1 Å². The van der Waals surface area contributed by atoms with Crippen molar-refractivity contribution in [2.75, 3.05) is 12.3 Å². The van der Waals surface area contributed by atoms with Gasteiger partial charge in [0.15, 0.2) is 0 Å². The number of rotatable bonds is 6. The monoisotopic (exact) mass is 350 g/mol. The Kier molecular flexibility index (Phi) is 5.37. The second-order valence-corrected chi connectivity index (χ2v) is 7.19. The van der Waals surface area contributed by atoms with Crippen molar-refractivity contribution in [3.63, 3.8) is 0 Å². The summed E-state index contributed by atoms with van der Waals surface area (Å²) in [6, 6.07) is 4.54. The fraction of sp³-hybridized carbons (Fsp3) is 0.500. The fourth-order valence-electron chi connectivity index (χ4n) is 1.66. The summed E-state index contributed by atoms with van der Waals surface area (Å²) >= 11 is 3.20. The highest BCUT2D eigenvalue weighted by Crippen LogP contribution is 2.26. The molecule has 4 N–H and O–H groups in total. The molecule has 1 unspecified atom stereocenters. The summed E-state index contributed by atoms with van der Waals surface area (Å²) in [5.41, 5.74) is 5.41. The lowest BCUT2D eigenvalue weighted by Crippen LogP contribution is -2.46. The summed E-state index contributed by atoms with van der Waals surface area (Å²) in [4.78, 5) is 0.138. The van der Waals surface area contributed by atoms with E-state index in [0.717, 1.165) is 0 Å². The third kappa shape index (κ3) is 4.17. The second kappa shape index (κ2) is 6.21. The summed E-state index contributed by atoms with van der Waals surface area (Å²) in [5.74, 6) is 0. The van der Waals surface area contributed by atoms with E-state index in [0.29, 0.717) is 23.0 Å². The Hall–Kier alpha value is -0.630. The Morgan fingerprint density at radius 1 is 1.47 bits per heavy atom. The van der Waals surface area contributed by atoms with Gasteiger partial charge in [-0.2, -0.15) is 0 Å². The molecule has 1 rings (SSSR count). The quantitative estimate of drug-likeness (QED) is 0.682. The van der Waals surface area contributed by atoms with Gasteiger partial charge < -0.3 is 10.8 Å². The molecule has 0 aliphatic rings. The number of halogens is 1. The van der Waals surface area contributed by atoms with E-state index in [4.69, 9.17) is 10.8 Å². The normalized spacial score (nSPS) is 15.2. The van der Waals surface area contributed by atoms with Gasteiger partial charge >= 0.3 is 0 Å². The van der Waals surface area contributed by atoms with E-state index in [-0.39, 0.29) is 11.5 Å². The van der Waals surface area contributed by atoms with E-state index in [2.05, 4.69) is 20.7 Å². The lowest BCUT2D eigenvalue weighted by molar-refractivity contribution is 0.233. The maximum absolute atomic E-state index is 12.4. The number of nitrogens with one attached hydrogen (secondary N) is 1. The molecule has 0 aromatic heterocycles. The molecule has 0 aliphatic carbocycles. The molecule has 0 radical (unpaired) electrons. The maximum Gasteiger partial charge on any atom is 0.242 e. The van der Waals surface area contributed by atoms with Crippen LogP contribution in [0, 0.1) is 0 Å². The van der Waals surface area contributed by atoms with E-state index in [1.165, 1.54) is 12.1 Å². The Labute approximate surface area is 122 Å². The molecule has 1 aromatic carbocycles. The molecule has 108 valence electrons. The van der Waals surface area contributed by atoms with E-state index in [1.807, 2.05) is 6.92 Å². The molecule has 19 heavy (non-hydrogen) atoms. The molecule has 1 atom stereocenters. The topological polar surface area (TPSA) is 92.4 Å². The molecule has 1 aromatic rings. The van der Waals surface area contributed by atoms with Crippen LogP contribution in [0.2, 0.25) is 0 Å². The average molecular weight is 351 g/mol. The maximum atomic E-state index is 12.4. The van der Waals surface area contributed by atoms with Crippen molar-refractivity contribution in [1.82, 2.24) is 4.72 Å². The van der Waals surface area contributed by atoms with E-state index in [1.54, 1.807) is 13.0 Å². The van der Waals surface area contributed by atoms with Crippen molar-refractivity contribution in [3.8, 4) is 0 Å². The summed E-state index contributed by atoms with van der Waals surface area (Å²) in [7, 11) is -3.66. The first-order valence-corrected chi connectivity index (χ1v) is 8.21. The third-order valence-corrected chi connectivity index (χ3v) is 5.69. The van der Waals surface area contributed by atoms with Crippen LogP contribution in [0.5, 0.6) is 0 Å². The SMILES string of the molecule is CCC(C)(CCO)NS(=O)(=O)c1ccc(N)cc1Br.